The molecule has 0 bridgehead atoms. The lowest BCUT2D eigenvalue weighted by Gasteiger charge is -2.28. The first-order valence-electron chi connectivity index (χ1n) is 10.9. The number of aromatic hydroxyl groups is 1. The van der Waals surface area contributed by atoms with Crippen LogP contribution in [0.3, 0.4) is 0 Å². The molecule has 35 heavy (non-hydrogen) atoms. The Labute approximate surface area is 202 Å². The largest absolute Gasteiger partial charge is 0.508 e. The fourth-order valence-electron chi connectivity index (χ4n) is 3.08. The maximum Gasteiger partial charge on any atom is 0.326 e. The van der Waals surface area contributed by atoms with Gasteiger partial charge in [0, 0.05) is 6.42 Å². The number of hydrogen-bond donors (Lipinski definition) is 8. The molecule has 5 atom stereocenters. The zero-order valence-corrected chi connectivity index (χ0v) is 19.7. The summed E-state index contributed by atoms with van der Waals surface area (Å²) in [6, 6.07) is 0.319. The van der Waals surface area contributed by atoms with E-state index in [1.54, 1.807) is 13.8 Å². The number of amides is 4. The molecule has 5 unspecified atom stereocenters. The first-order valence-corrected chi connectivity index (χ1v) is 10.9. The molecular weight excluding hydrogens is 462 g/mol. The Bertz CT molecular complexity index is 919. The summed E-state index contributed by atoms with van der Waals surface area (Å²) in [6.45, 7) is 4.45. The van der Waals surface area contributed by atoms with Crippen molar-refractivity contribution in [1.29, 1.82) is 0 Å². The number of nitrogens with two attached hydrogens (primary N) is 2. The van der Waals surface area contributed by atoms with Gasteiger partial charge in [-0.1, -0.05) is 26.0 Å². The maximum absolute atomic E-state index is 12.8. The average Bonchev–Trinajstić information content (AvgIpc) is 2.75. The van der Waals surface area contributed by atoms with Crippen molar-refractivity contribution in [2.75, 3.05) is 0 Å². The average molecular weight is 496 g/mol. The molecule has 0 spiro atoms. The van der Waals surface area contributed by atoms with Crippen LogP contribution in [0.2, 0.25) is 0 Å². The monoisotopic (exact) mass is 495 g/mol. The van der Waals surface area contributed by atoms with E-state index < -0.39 is 72.2 Å². The fraction of sp³-hybridized carbons (Fsp3) is 0.500. The van der Waals surface area contributed by atoms with Crippen LogP contribution >= 0.6 is 0 Å². The van der Waals surface area contributed by atoms with Crippen LogP contribution in [0.1, 0.15) is 32.8 Å². The van der Waals surface area contributed by atoms with Crippen LogP contribution in [-0.2, 0) is 30.4 Å². The van der Waals surface area contributed by atoms with E-state index in [4.69, 9.17) is 11.5 Å². The molecule has 4 amide bonds. The van der Waals surface area contributed by atoms with Gasteiger partial charge in [-0.15, -0.1) is 0 Å². The molecule has 0 fully saturated rings. The van der Waals surface area contributed by atoms with Crippen LogP contribution in [0.15, 0.2) is 24.3 Å². The van der Waals surface area contributed by atoms with Crippen molar-refractivity contribution in [3.63, 3.8) is 0 Å². The Hall–Kier alpha value is -3.71. The second-order valence-corrected chi connectivity index (χ2v) is 8.50. The van der Waals surface area contributed by atoms with E-state index in [1.165, 1.54) is 31.2 Å². The Morgan fingerprint density at radius 1 is 0.886 bits per heavy atom. The summed E-state index contributed by atoms with van der Waals surface area (Å²) in [6.07, 6.45) is -1.97. The number of carbonyl (C=O) groups excluding carboxylic acids is 4. The minimum absolute atomic E-state index is 0.0103. The Kier molecular flexibility index (Phi) is 11.1. The van der Waals surface area contributed by atoms with E-state index in [1.807, 2.05) is 0 Å². The van der Waals surface area contributed by atoms with E-state index in [-0.39, 0.29) is 12.2 Å². The molecule has 0 saturated carbocycles. The van der Waals surface area contributed by atoms with Crippen molar-refractivity contribution >= 4 is 29.6 Å². The molecule has 194 valence electrons. The van der Waals surface area contributed by atoms with Gasteiger partial charge in [0.25, 0.3) is 0 Å². The highest BCUT2D eigenvalue weighted by Crippen LogP contribution is 2.12. The summed E-state index contributed by atoms with van der Waals surface area (Å²) in [5, 5.41) is 35.9. The summed E-state index contributed by atoms with van der Waals surface area (Å²) in [5.41, 5.74) is 11.1. The molecule has 0 aliphatic carbocycles. The first kappa shape index (κ1) is 29.3. The zero-order valence-electron chi connectivity index (χ0n) is 19.7. The smallest absolute Gasteiger partial charge is 0.326 e. The lowest BCUT2D eigenvalue weighted by Crippen LogP contribution is -2.61. The number of carboxylic acids is 1. The van der Waals surface area contributed by atoms with Crippen molar-refractivity contribution in [2.24, 2.45) is 17.4 Å². The number of hydrogen-bond acceptors (Lipinski definition) is 8. The van der Waals surface area contributed by atoms with Crippen LogP contribution in [-0.4, -0.2) is 75.2 Å². The number of rotatable bonds is 13. The van der Waals surface area contributed by atoms with Crippen molar-refractivity contribution in [1.82, 2.24) is 16.0 Å². The topological polar surface area (TPSA) is 234 Å². The number of carboxylic acid groups (broad SMARTS) is 1. The lowest BCUT2D eigenvalue weighted by molar-refractivity contribution is -0.143. The van der Waals surface area contributed by atoms with Gasteiger partial charge in [0.15, 0.2) is 0 Å². The summed E-state index contributed by atoms with van der Waals surface area (Å²) in [5.74, 6) is -5.23. The van der Waals surface area contributed by atoms with Crippen LogP contribution in [0, 0.1) is 5.92 Å². The van der Waals surface area contributed by atoms with Crippen molar-refractivity contribution in [3.8, 4) is 5.75 Å². The number of aliphatic hydroxyl groups is 1. The molecule has 1 rings (SSSR count). The highest BCUT2D eigenvalue weighted by molar-refractivity contribution is 5.95. The van der Waals surface area contributed by atoms with Crippen molar-refractivity contribution < 1.29 is 39.3 Å². The van der Waals surface area contributed by atoms with E-state index in [0.717, 1.165) is 0 Å². The van der Waals surface area contributed by atoms with Gasteiger partial charge in [-0.3, -0.25) is 19.2 Å². The predicted octanol–water partition coefficient (Wildman–Crippen LogP) is -2.29. The molecule has 0 radical (unpaired) electrons. The van der Waals surface area contributed by atoms with Crippen LogP contribution in [0.25, 0.3) is 0 Å². The van der Waals surface area contributed by atoms with Crippen molar-refractivity contribution in [2.45, 2.75) is 63.9 Å². The van der Waals surface area contributed by atoms with Crippen LogP contribution in [0.5, 0.6) is 5.75 Å². The van der Waals surface area contributed by atoms with Crippen LogP contribution in [0.4, 0.5) is 0 Å². The van der Waals surface area contributed by atoms with Gasteiger partial charge >= 0.3 is 5.97 Å². The molecule has 0 saturated heterocycles. The Morgan fingerprint density at radius 2 is 1.40 bits per heavy atom. The SMILES string of the molecule is CC(C)C(NC(=O)C(N)CC(N)=O)C(=O)NC(C(=O)NC(Cc1ccc(O)cc1)C(=O)O)C(C)O. The molecule has 0 aliphatic rings. The zero-order chi connectivity index (χ0) is 26.9. The summed E-state index contributed by atoms with van der Waals surface area (Å²) in [4.78, 5) is 60.5. The summed E-state index contributed by atoms with van der Waals surface area (Å²) < 4.78 is 0. The molecule has 13 nitrogen and oxygen atoms in total. The van der Waals surface area contributed by atoms with Crippen LogP contribution < -0.4 is 27.4 Å². The molecule has 1 aromatic rings. The number of phenols is 1. The quantitative estimate of drug-likeness (QED) is 0.147. The van der Waals surface area contributed by atoms with E-state index in [2.05, 4.69) is 16.0 Å². The summed E-state index contributed by atoms with van der Waals surface area (Å²) >= 11 is 0. The minimum Gasteiger partial charge on any atom is -0.508 e. The second-order valence-electron chi connectivity index (χ2n) is 8.50. The number of primary amides is 1. The van der Waals surface area contributed by atoms with Gasteiger partial charge in [-0.05, 0) is 30.5 Å². The standard InChI is InChI=1S/C22H33N5O8/c1-10(2)17(26-19(31)14(23)9-16(24)30)20(32)27-18(11(3)28)21(33)25-15(22(34)35)8-12-4-6-13(29)7-5-12/h4-7,10-11,14-15,17-18,28-29H,8-9,23H2,1-3H3,(H2,24,30)(H,25,33)(H,26,31)(H,27,32)(H,34,35). The molecular formula is C22H33N5O8. The third-order valence-corrected chi connectivity index (χ3v) is 5.06. The second kappa shape index (κ2) is 13.2. The maximum atomic E-state index is 12.8. The highest BCUT2D eigenvalue weighted by Gasteiger charge is 2.34. The van der Waals surface area contributed by atoms with Gasteiger partial charge < -0.3 is 42.7 Å². The number of benzene rings is 1. The number of phenolic OH excluding ortho intramolecular Hbond substituents is 1. The van der Waals surface area contributed by atoms with E-state index in [9.17, 15) is 39.3 Å². The van der Waals surface area contributed by atoms with Gasteiger partial charge in [-0.2, -0.15) is 0 Å². The lowest BCUT2D eigenvalue weighted by atomic mass is 10.0. The molecule has 1 aromatic carbocycles. The first-order chi connectivity index (χ1) is 16.2. The molecule has 10 N–H and O–H groups in total. The summed E-state index contributed by atoms with van der Waals surface area (Å²) in [7, 11) is 0. The van der Waals surface area contributed by atoms with Gasteiger partial charge in [0.2, 0.25) is 23.6 Å². The number of carbonyl (C=O) groups is 5. The highest BCUT2D eigenvalue weighted by atomic mass is 16.4. The third-order valence-electron chi connectivity index (χ3n) is 5.06. The third kappa shape index (κ3) is 9.59. The normalized spacial score (nSPS) is 15.3. The van der Waals surface area contributed by atoms with Gasteiger partial charge in [0.1, 0.15) is 23.9 Å². The number of aliphatic carboxylic acids is 1. The van der Waals surface area contributed by atoms with Crippen molar-refractivity contribution in [3.05, 3.63) is 29.8 Å². The molecule has 0 aliphatic heterocycles. The Balaban J connectivity index is 2.94. The predicted molar refractivity (Wildman–Crippen MR) is 124 cm³/mol. The molecule has 0 heterocycles. The Morgan fingerprint density at radius 3 is 1.86 bits per heavy atom. The minimum atomic E-state index is -1.54. The number of aliphatic hydroxyl groups excluding tert-OH is 1. The molecule has 0 aromatic heterocycles. The van der Waals surface area contributed by atoms with Gasteiger partial charge in [-0.25, -0.2) is 4.79 Å². The fourth-order valence-corrected chi connectivity index (χ4v) is 3.08. The van der Waals surface area contributed by atoms with E-state index in [0.29, 0.717) is 5.56 Å². The van der Waals surface area contributed by atoms with Gasteiger partial charge in [0.05, 0.1) is 18.6 Å². The number of nitrogens with one attached hydrogen (secondary N) is 3. The van der Waals surface area contributed by atoms with E-state index >= 15 is 0 Å². The molecule has 13 heteroatoms.